The number of carbonyl (C=O) groups excluding carboxylic acids is 1. The average molecular weight is 332 g/mol. The summed E-state index contributed by atoms with van der Waals surface area (Å²) in [5.41, 5.74) is 7.49. The number of nitrogens with two attached hydrogens (primary N) is 1. The van der Waals surface area contributed by atoms with Gasteiger partial charge in [0.25, 0.3) is 0 Å². The van der Waals surface area contributed by atoms with E-state index in [1.165, 1.54) is 5.56 Å². The van der Waals surface area contributed by atoms with E-state index in [0.717, 1.165) is 32.5 Å². The van der Waals surface area contributed by atoms with Gasteiger partial charge in [-0.3, -0.25) is 9.69 Å². The molecule has 1 fully saturated rings. The zero-order valence-electron chi connectivity index (χ0n) is 15.6. The van der Waals surface area contributed by atoms with Crippen molar-refractivity contribution in [1.29, 1.82) is 0 Å². The Morgan fingerprint density at radius 2 is 1.92 bits per heavy atom. The van der Waals surface area contributed by atoms with Crippen LogP contribution in [0.25, 0.3) is 0 Å². The van der Waals surface area contributed by atoms with Gasteiger partial charge in [-0.15, -0.1) is 0 Å². The maximum absolute atomic E-state index is 12.9. The summed E-state index contributed by atoms with van der Waals surface area (Å²) in [4.78, 5) is 17.4. The minimum absolute atomic E-state index is 0.103. The van der Waals surface area contributed by atoms with Crippen LogP contribution in [0.1, 0.15) is 46.1 Å². The lowest BCUT2D eigenvalue weighted by Gasteiger charge is -2.42. The average Bonchev–Trinajstić information content (AvgIpc) is 2.55. The summed E-state index contributed by atoms with van der Waals surface area (Å²) >= 11 is 0. The van der Waals surface area contributed by atoms with Gasteiger partial charge in [-0.2, -0.15) is 0 Å². The van der Waals surface area contributed by atoms with Gasteiger partial charge in [0.2, 0.25) is 5.91 Å². The second-order valence-corrected chi connectivity index (χ2v) is 7.63. The van der Waals surface area contributed by atoms with Crippen molar-refractivity contribution in [2.24, 2.45) is 11.7 Å². The van der Waals surface area contributed by atoms with Crippen molar-refractivity contribution >= 4 is 5.91 Å². The van der Waals surface area contributed by atoms with E-state index in [0.29, 0.717) is 0 Å². The number of amides is 1. The first-order valence-corrected chi connectivity index (χ1v) is 9.24. The Morgan fingerprint density at radius 1 is 1.25 bits per heavy atom. The van der Waals surface area contributed by atoms with E-state index in [4.69, 9.17) is 5.73 Å². The maximum Gasteiger partial charge on any atom is 0.240 e. The van der Waals surface area contributed by atoms with Crippen molar-refractivity contribution in [3.8, 4) is 0 Å². The molecule has 0 aromatic heterocycles. The van der Waals surface area contributed by atoms with Crippen molar-refractivity contribution in [1.82, 2.24) is 9.80 Å². The fraction of sp³-hybridized carbons (Fsp3) is 0.650. The molecule has 4 nitrogen and oxygen atoms in total. The van der Waals surface area contributed by atoms with Gasteiger partial charge in [0.15, 0.2) is 0 Å². The lowest BCUT2D eigenvalue weighted by atomic mass is 9.98. The van der Waals surface area contributed by atoms with Crippen LogP contribution in [0, 0.1) is 5.92 Å². The van der Waals surface area contributed by atoms with Gasteiger partial charge < -0.3 is 10.6 Å². The predicted octanol–water partition coefficient (Wildman–Crippen LogP) is 2.87. The zero-order valence-corrected chi connectivity index (χ0v) is 15.6. The van der Waals surface area contributed by atoms with Gasteiger partial charge in [-0.25, -0.2) is 0 Å². The minimum Gasteiger partial charge on any atom is -0.335 e. The number of hydrogen-bond acceptors (Lipinski definition) is 3. The van der Waals surface area contributed by atoms with Crippen LogP contribution < -0.4 is 5.73 Å². The normalized spacial score (nSPS) is 20.4. The van der Waals surface area contributed by atoms with E-state index >= 15 is 0 Å². The van der Waals surface area contributed by atoms with Gasteiger partial charge in [0.1, 0.15) is 0 Å². The van der Waals surface area contributed by atoms with E-state index in [1.54, 1.807) is 0 Å². The van der Waals surface area contributed by atoms with E-state index in [2.05, 4.69) is 49.1 Å². The molecule has 0 radical (unpaired) electrons. The Morgan fingerprint density at radius 3 is 2.50 bits per heavy atom. The Labute approximate surface area is 147 Å². The highest BCUT2D eigenvalue weighted by molar-refractivity contribution is 5.82. The van der Waals surface area contributed by atoms with E-state index in [-0.39, 0.29) is 23.9 Å². The first-order chi connectivity index (χ1) is 11.4. The first-order valence-electron chi connectivity index (χ1n) is 9.24. The highest BCUT2D eigenvalue weighted by atomic mass is 16.2. The fourth-order valence-electron chi connectivity index (χ4n) is 3.56. The number of likely N-dealkylation sites (tertiary alicyclic amines) is 1. The van der Waals surface area contributed by atoms with E-state index in [9.17, 15) is 4.79 Å². The van der Waals surface area contributed by atoms with E-state index < -0.39 is 6.04 Å². The van der Waals surface area contributed by atoms with Crippen molar-refractivity contribution in [2.45, 2.75) is 65.2 Å². The minimum atomic E-state index is -0.406. The van der Waals surface area contributed by atoms with Gasteiger partial charge in [0, 0.05) is 25.2 Å². The number of hydrogen-bond donors (Lipinski definition) is 1. The number of piperidine rings is 1. The lowest BCUT2D eigenvalue weighted by molar-refractivity contribution is -0.139. The largest absolute Gasteiger partial charge is 0.335 e. The summed E-state index contributed by atoms with van der Waals surface area (Å²) < 4.78 is 0. The third-order valence-electron chi connectivity index (χ3n) is 4.94. The van der Waals surface area contributed by atoms with Crippen LogP contribution in [0.5, 0.6) is 0 Å². The fourth-order valence-corrected chi connectivity index (χ4v) is 3.56. The van der Waals surface area contributed by atoms with Crippen molar-refractivity contribution < 1.29 is 4.79 Å². The summed E-state index contributed by atoms with van der Waals surface area (Å²) in [6, 6.07) is 10.6. The predicted molar refractivity (Wildman–Crippen MR) is 99.5 cm³/mol. The van der Waals surface area contributed by atoms with Gasteiger partial charge in [0.05, 0.1) is 6.04 Å². The SMILES string of the molecule is CC(C)[C@H](N)C(=O)N(C(C)C)[C@@H]1CCCN(Cc2ccccc2)C1. The third-order valence-corrected chi connectivity index (χ3v) is 4.94. The van der Waals surface area contributed by atoms with Crippen LogP contribution >= 0.6 is 0 Å². The first kappa shape index (κ1) is 18.9. The molecule has 1 heterocycles. The van der Waals surface area contributed by atoms with Crippen LogP contribution in [-0.4, -0.2) is 46.9 Å². The highest BCUT2D eigenvalue weighted by Crippen LogP contribution is 2.21. The molecule has 0 bridgehead atoms. The summed E-state index contributed by atoms with van der Waals surface area (Å²) in [6.45, 7) is 11.2. The highest BCUT2D eigenvalue weighted by Gasteiger charge is 2.33. The van der Waals surface area contributed by atoms with Crippen LogP contribution in [0.2, 0.25) is 0 Å². The number of benzene rings is 1. The molecule has 4 heteroatoms. The van der Waals surface area contributed by atoms with Crippen LogP contribution in [0.3, 0.4) is 0 Å². The number of nitrogens with zero attached hydrogens (tertiary/aromatic N) is 2. The molecule has 1 amide bonds. The monoisotopic (exact) mass is 331 g/mol. The molecule has 1 aliphatic rings. The molecule has 1 saturated heterocycles. The Balaban J connectivity index is 2.06. The molecule has 1 aromatic carbocycles. The Hall–Kier alpha value is -1.39. The molecule has 2 atom stereocenters. The maximum atomic E-state index is 12.9. The van der Waals surface area contributed by atoms with Crippen molar-refractivity contribution in [3.63, 3.8) is 0 Å². The lowest BCUT2D eigenvalue weighted by Crippen LogP contribution is -2.57. The standard InChI is InChI=1S/C20H33N3O/c1-15(2)19(21)20(24)23(16(3)4)18-11-8-12-22(14-18)13-17-9-6-5-7-10-17/h5-7,9-10,15-16,18-19H,8,11-14,21H2,1-4H3/t18-,19+/m1/s1. The van der Waals surface area contributed by atoms with E-state index in [1.807, 2.05) is 18.7 Å². The zero-order chi connectivity index (χ0) is 17.7. The molecule has 1 aliphatic heterocycles. The molecule has 24 heavy (non-hydrogen) atoms. The van der Waals surface area contributed by atoms with Crippen LogP contribution in [0.4, 0.5) is 0 Å². The number of rotatable bonds is 6. The molecule has 0 unspecified atom stereocenters. The molecule has 134 valence electrons. The molecule has 2 N–H and O–H groups in total. The van der Waals surface area contributed by atoms with Crippen molar-refractivity contribution in [3.05, 3.63) is 35.9 Å². The topological polar surface area (TPSA) is 49.6 Å². The number of carbonyl (C=O) groups is 1. The summed E-state index contributed by atoms with van der Waals surface area (Å²) in [7, 11) is 0. The van der Waals surface area contributed by atoms with Crippen LogP contribution in [-0.2, 0) is 11.3 Å². The smallest absolute Gasteiger partial charge is 0.240 e. The molecular formula is C20H33N3O. The molecule has 0 saturated carbocycles. The molecule has 2 rings (SSSR count). The van der Waals surface area contributed by atoms with Crippen LogP contribution in [0.15, 0.2) is 30.3 Å². The second kappa shape index (κ2) is 8.63. The Kier molecular flexibility index (Phi) is 6.81. The summed E-state index contributed by atoms with van der Waals surface area (Å²) in [5.74, 6) is 0.273. The van der Waals surface area contributed by atoms with Gasteiger partial charge in [-0.1, -0.05) is 44.2 Å². The van der Waals surface area contributed by atoms with Gasteiger partial charge >= 0.3 is 0 Å². The quantitative estimate of drug-likeness (QED) is 0.872. The van der Waals surface area contributed by atoms with Gasteiger partial charge in [-0.05, 0) is 44.7 Å². The molecular weight excluding hydrogens is 298 g/mol. The molecule has 0 spiro atoms. The summed E-state index contributed by atoms with van der Waals surface area (Å²) in [6.07, 6.45) is 2.20. The third kappa shape index (κ3) is 4.81. The molecule has 1 aromatic rings. The van der Waals surface area contributed by atoms with Crippen molar-refractivity contribution in [2.75, 3.05) is 13.1 Å². The molecule has 0 aliphatic carbocycles. The second-order valence-electron chi connectivity index (χ2n) is 7.63. The Bertz CT molecular complexity index is 515. The summed E-state index contributed by atoms with van der Waals surface area (Å²) in [5, 5.41) is 0.